The molecule has 0 saturated carbocycles. The summed E-state index contributed by atoms with van der Waals surface area (Å²) < 4.78 is 18.4. The second-order valence-electron chi connectivity index (χ2n) is 3.48. The molecule has 0 bridgehead atoms. The van der Waals surface area contributed by atoms with E-state index in [1.165, 1.54) is 0 Å². The Morgan fingerprint density at radius 1 is 1.33 bits per heavy atom. The molecule has 15 heavy (non-hydrogen) atoms. The van der Waals surface area contributed by atoms with E-state index in [0.717, 1.165) is 5.56 Å². The minimum absolute atomic E-state index is 0.398. The monoisotopic (exact) mass is 211 g/mol. The van der Waals surface area contributed by atoms with Crippen LogP contribution in [0.25, 0.3) is 0 Å². The number of halogens is 1. The van der Waals surface area contributed by atoms with Crippen LogP contribution in [-0.4, -0.2) is 26.4 Å². The fourth-order valence-corrected chi connectivity index (χ4v) is 1.30. The van der Waals surface area contributed by atoms with Gasteiger partial charge in [0.05, 0.1) is 6.61 Å². The van der Waals surface area contributed by atoms with Crippen LogP contribution in [0.4, 0.5) is 4.39 Å². The van der Waals surface area contributed by atoms with Crippen molar-refractivity contribution in [2.24, 2.45) is 0 Å². The van der Waals surface area contributed by atoms with Gasteiger partial charge in [0.25, 0.3) is 0 Å². The molecule has 1 N–H and O–H groups in total. The van der Waals surface area contributed by atoms with E-state index in [2.05, 4.69) is 5.32 Å². The van der Waals surface area contributed by atoms with Gasteiger partial charge in [-0.3, -0.25) is 0 Å². The first-order valence-corrected chi connectivity index (χ1v) is 5.23. The van der Waals surface area contributed by atoms with Crippen LogP contribution in [0.5, 0.6) is 0 Å². The van der Waals surface area contributed by atoms with Gasteiger partial charge < -0.3 is 10.1 Å². The molecule has 0 radical (unpaired) electrons. The van der Waals surface area contributed by atoms with Gasteiger partial charge in [-0.1, -0.05) is 30.3 Å². The smallest absolute Gasteiger partial charge is 0.115 e. The molecule has 0 aromatic heterocycles. The summed E-state index contributed by atoms with van der Waals surface area (Å²) in [5.41, 5.74) is 1.13. The lowest BCUT2D eigenvalue weighted by Gasteiger charge is -2.08. The molecule has 84 valence electrons. The van der Waals surface area contributed by atoms with Crippen LogP contribution in [0, 0.1) is 0 Å². The highest BCUT2D eigenvalue weighted by Gasteiger charge is 2.03. The van der Waals surface area contributed by atoms with Gasteiger partial charge in [-0.25, -0.2) is 4.39 Å². The number of ether oxygens (including phenoxy) is 1. The predicted molar refractivity (Wildman–Crippen MR) is 59.5 cm³/mol. The largest absolute Gasteiger partial charge is 0.377 e. The van der Waals surface area contributed by atoms with Gasteiger partial charge in [0, 0.05) is 19.6 Å². The summed E-state index contributed by atoms with van der Waals surface area (Å²) in [6.07, 6.45) is -0.362. The van der Waals surface area contributed by atoms with Crippen LogP contribution in [-0.2, 0) is 11.3 Å². The summed E-state index contributed by atoms with van der Waals surface area (Å²) in [6, 6.07) is 9.91. The van der Waals surface area contributed by atoms with E-state index in [-0.39, 0.29) is 0 Å². The maximum Gasteiger partial charge on any atom is 0.115 e. The summed E-state index contributed by atoms with van der Waals surface area (Å²) in [4.78, 5) is 0. The Balaban J connectivity index is 2.07. The second-order valence-corrected chi connectivity index (χ2v) is 3.48. The minimum Gasteiger partial charge on any atom is -0.377 e. The average molecular weight is 211 g/mol. The Morgan fingerprint density at radius 3 is 2.73 bits per heavy atom. The summed E-state index contributed by atoms with van der Waals surface area (Å²) in [7, 11) is 1.75. The Morgan fingerprint density at radius 2 is 2.07 bits per heavy atom. The Hall–Kier alpha value is -0.930. The van der Waals surface area contributed by atoms with Crippen molar-refractivity contribution in [3.8, 4) is 0 Å². The van der Waals surface area contributed by atoms with E-state index >= 15 is 0 Å². The van der Waals surface area contributed by atoms with Crippen molar-refractivity contribution >= 4 is 0 Å². The van der Waals surface area contributed by atoms with Crippen LogP contribution in [0.15, 0.2) is 30.3 Å². The fourth-order valence-electron chi connectivity index (χ4n) is 1.30. The van der Waals surface area contributed by atoms with Gasteiger partial charge in [0.15, 0.2) is 0 Å². The lowest BCUT2D eigenvalue weighted by Crippen LogP contribution is -2.21. The van der Waals surface area contributed by atoms with Crippen LogP contribution in [0.2, 0.25) is 0 Å². The van der Waals surface area contributed by atoms with E-state index in [1.807, 2.05) is 30.3 Å². The molecule has 1 aromatic rings. The van der Waals surface area contributed by atoms with Gasteiger partial charge in [-0.15, -0.1) is 0 Å². The van der Waals surface area contributed by atoms with Crippen LogP contribution < -0.4 is 5.32 Å². The van der Waals surface area contributed by atoms with Crippen molar-refractivity contribution in [1.29, 1.82) is 0 Å². The van der Waals surface area contributed by atoms with Gasteiger partial charge in [-0.2, -0.15) is 0 Å². The van der Waals surface area contributed by atoms with Crippen LogP contribution in [0.1, 0.15) is 12.0 Å². The Labute approximate surface area is 90.4 Å². The van der Waals surface area contributed by atoms with E-state index in [1.54, 1.807) is 7.05 Å². The molecule has 0 heterocycles. The number of benzene rings is 1. The molecule has 0 fully saturated rings. The molecule has 1 aromatic carbocycles. The molecule has 0 unspecified atom stereocenters. The number of hydrogen-bond acceptors (Lipinski definition) is 2. The van der Waals surface area contributed by atoms with Crippen molar-refractivity contribution in [3.63, 3.8) is 0 Å². The SMILES string of the molecule is CNC[C@H](F)CCOCc1ccccc1. The van der Waals surface area contributed by atoms with E-state index < -0.39 is 6.17 Å². The standard InChI is InChI=1S/C12H18FNO/c1-14-9-12(13)7-8-15-10-11-5-3-2-4-6-11/h2-6,12,14H,7-10H2,1H3/t12-/m1/s1. The highest BCUT2D eigenvalue weighted by molar-refractivity contribution is 5.13. The summed E-state index contributed by atoms with van der Waals surface area (Å²) >= 11 is 0. The third-order valence-electron chi connectivity index (χ3n) is 2.11. The highest BCUT2D eigenvalue weighted by Crippen LogP contribution is 2.02. The zero-order chi connectivity index (χ0) is 10.9. The normalized spacial score (nSPS) is 12.7. The molecule has 1 rings (SSSR count). The van der Waals surface area contributed by atoms with Gasteiger partial charge in [0.1, 0.15) is 6.17 Å². The maximum absolute atomic E-state index is 13.0. The first-order valence-electron chi connectivity index (χ1n) is 5.23. The molecule has 3 heteroatoms. The molecule has 0 aliphatic carbocycles. The molecular formula is C12H18FNO. The van der Waals surface area contributed by atoms with Crippen molar-refractivity contribution < 1.29 is 9.13 Å². The van der Waals surface area contributed by atoms with Crippen molar-refractivity contribution in [3.05, 3.63) is 35.9 Å². The zero-order valence-electron chi connectivity index (χ0n) is 9.08. The molecule has 0 aliphatic rings. The molecule has 2 nitrogen and oxygen atoms in total. The Bertz CT molecular complexity index is 253. The average Bonchev–Trinajstić information content (AvgIpc) is 2.26. The van der Waals surface area contributed by atoms with Gasteiger partial charge in [0.2, 0.25) is 0 Å². The second kappa shape index (κ2) is 7.37. The third-order valence-corrected chi connectivity index (χ3v) is 2.11. The van der Waals surface area contributed by atoms with E-state index in [9.17, 15) is 4.39 Å². The summed E-state index contributed by atoms with van der Waals surface area (Å²) in [5, 5.41) is 2.80. The number of hydrogen-bond donors (Lipinski definition) is 1. The fraction of sp³-hybridized carbons (Fsp3) is 0.500. The molecular weight excluding hydrogens is 193 g/mol. The maximum atomic E-state index is 13.0. The first-order chi connectivity index (χ1) is 7.33. The van der Waals surface area contributed by atoms with Crippen molar-refractivity contribution in [1.82, 2.24) is 5.32 Å². The van der Waals surface area contributed by atoms with Gasteiger partial charge >= 0.3 is 0 Å². The van der Waals surface area contributed by atoms with E-state index in [0.29, 0.717) is 26.2 Å². The third kappa shape index (κ3) is 5.50. The quantitative estimate of drug-likeness (QED) is 0.698. The topological polar surface area (TPSA) is 21.3 Å². The number of alkyl halides is 1. The number of nitrogens with one attached hydrogen (secondary N) is 1. The Kier molecular flexibility index (Phi) is 5.97. The molecule has 0 spiro atoms. The highest BCUT2D eigenvalue weighted by atomic mass is 19.1. The van der Waals surface area contributed by atoms with Crippen LogP contribution >= 0.6 is 0 Å². The zero-order valence-corrected chi connectivity index (χ0v) is 9.08. The van der Waals surface area contributed by atoms with Crippen molar-refractivity contribution in [2.75, 3.05) is 20.2 Å². The summed E-state index contributed by atoms with van der Waals surface area (Å²) in [6.45, 7) is 1.43. The lowest BCUT2D eigenvalue weighted by molar-refractivity contribution is 0.0996. The molecule has 0 amide bonds. The molecule has 0 aliphatic heterocycles. The summed E-state index contributed by atoms with van der Waals surface area (Å²) in [5.74, 6) is 0. The predicted octanol–water partition coefficient (Wildman–Crippen LogP) is 2.15. The van der Waals surface area contributed by atoms with Gasteiger partial charge in [-0.05, 0) is 12.6 Å². The van der Waals surface area contributed by atoms with Crippen LogP contribution in [0.3, 0.4) is 0 Å². The number of rotatable bonds is 7. The minimum atomic E-state index is -0.814. The lowest BCUT2D eigenvalue weighted by atomic mass is 10.2. The van der Waals surface area contributed by atoms with E-state index in [4.69, 9.17) is 4.74 Å². The first kappa shape index (κ1) is 12.1. The van der Waals surface area contributed by atoms with Crippen molar-refractivity contribution in [2.45, 2.75) is 19.2 Å². The molecule has 0 saturated heterocycles. The molecule has 1 atom stereocenters.